The van der Waals surface area contributed by atoms with Gasteiger partial charge in [-0.3, -0.25) is 4.79 Å². The summed E-state index contributed by atoms with van der Waals surface area (Å²) < 4.78 is 0.926. The lowest BCUT2D eigenvalue weighted by atomic mass is 10.3. The second-order valence-corrected chi connectivity index (χ2v) is 4.42. The number of hydrogen-bond acceptors (Lipinski definition) is 2. The molecule has 0 bridgehead atoms. The first-order chi connectivity index (χ1) is 7.99. The number of nitrogens with zero attached hydrogens (tertiary/aromatic N) is 1. The van der Waals surface area contributed by atoms with Crippen LogP contribution in [0.5, 0.6) is 0 Å². The van der Waals surface area contributed by atoms with Crippen LogP contribution in [0.3, 0.4) is 0 Å². The number of amides is 2. The molecule has 1 aromatic rings. The molecule has 0 radical (unpaired) electrons. The van der Waals surface area contributed by atoms with Crippen molar-refractivity contribution in [1.29, 1.82) is 0 Å². The van der Waals surface area contributed by atoms with Gasteiger partial charge in [0, 0.05) is 23.8 Å². The number of anilines is 1. The van der Waals surface area contributed by atoms with Gasteiger partial charge < -0.3 is 15.3 Å². The fraction of sp³-hybridized carbons (Fsp3) is 0.273. The van der Waals surface area contributed by atoms with Gasteiger partial charge in [-0.15, -0.1) is 0 Å². The number of halogens is 1. The first-order valence-electron chi connectivity index (χ1n) is 4.98. The molecule has 0 aliphatic carbocycles. The summed E-state index contributed by atoms with van der Waals surface area (Å²) in [5.74, 6) is -0.923. The van der Waals surface area contributed by atoms with Crippen LogP contribution < -0.4 is 5.32 Å². The van der Waals surface area contributed by atoms with E-state index in [0.29, 0.717) is 5.69 Å². The molecule has 0 spiro atoms. The topological polar surface area (TPSA) is 69.6 Å². The molecule has 0 fully saturated rings. The molecule has 0 unspecified atom stereocenters. The van der Waals surface area contributed by atoms with Crippen molar-refractivity contribution in [3.63, 3.8) is 0 Å². The standard InChI is InChI=1S/C11H13BrN2O3/c1-14(7-6-10(15)16)11(17)13-9-4-2-8(12)3-5-9/h2-5H,6-7H2,1H3,(H,13,17)(H,15,16). The summed E-state index contributed by atoms with van der Waals surface area (Å²) in [5, 5.41) is 11.2. The lowest BCUT2D eigenvalue weighted by molar-refractivity contribution is -0.137. The van der Waals surface area contributed by atoms with E-state index in [9.17, 15) is 9.59 Å². The minimum absolute atomic E-state index is 0.0652. The molecule has 2 amide bonds. The molecule has 5 nitrogen and oxygen atoms in total. The number of hydrogen-bond donors (Lipinski definition) is 2. The van der Waals surface area contributed by atoms with Crippen molar-refractivity contribution < 1.29 is 14.7 Å². The molecule has 0 saturated heterocycles. The highest BCUT2D eigenvalue weighted by Gasteiger charge is 2.09. The Kier molecular flexibility index (Phi) is 4.96. The fourth-order valence-electron chi connectivity index (χ4n) is 1.12. The van der Waals surface area contributed by atoms with Crippen molar-refractivity contribution >= 4 is 33.6 Å². The van der Waals surface area contributed by atoms with Gasteiger partial charge >= 0.3 is 12.0 Å². The van der Waals surface area contributed by atoms with Crippen molar-refractivity contribution in [3.05, 3.63) is 28.7 Å². The van der Waals surface area contributed by atoms with Gasteiger partial charge in [-0.1, -0.05) is 15.9 Å². The first kappa shape index (κ1) is 13.5. The van der Waals surface area contributed by atoms with E-state index in [1.807, 2.05) is 12.1 Å². The van der Waals surface area contributed by atoms with Crippen LogP contribution >= 0.6 is 15.9 Å². The van der Waals surface area contributed by atoms with Crippen LogP contribution in [0.15, 0.2) is 28.7 Å². The van der Waals surface area contributed by atoms with E-state index in [1.165, 1.54) is 4.90 Å². The highest BCUT2D eigenvalue weighted by atomic mass is 79.9. The summed E-state index contributed by atoms with van der Waals surface area (Å²) in [5.41, 5.74) is 0.667. The highest BCUT2D eigenvalue weighted by molar-refractivity contribution is 9.10. The Balaban J connectivity index is 2.48. The third-order valence-electron chi connectivity index (χ3n) is 2.10. The van der Waals surface area contributed by atoms with E-state index in [4.69, 9.17) is 5.11 Å². The molecular formula is C11H13BrN2O3. The van der Waals surface area contributed by atoms with Gasteiger partial charge in [0.05, 0.1) is 6.42 Å². The summed E-state index contributed by atoms with van der Waals surface area (Å²) in [7, 11) is 1.55. The van der Waals surface area contributed by atoms with Gasteiger partial charge in [0.25, 0.3) is 0 Å². The molecule has 0 saturated carbocycles. The quantitative estimate of drug-likeness (QED) is 0.897. The SMILES string of the molecule is CN(CCC(=O)O)C(=O)Nc1ccc(Br)cc1. The molecule has 92 valence electrons. The number of rotatable bonds is 4. The molecule has 0 aliphatic rings. The summed E-state index contributed by atoms with van der Waals surface area (Å²) in [6.07, 6.45) is -0.0652. The Bertz CT molecular complexity index is 406. The molecule has 1 rings (SSSR count). The molecule has 6 heteroatoms. The smallest absolute Gasteiger partial charge is 0.321 e. The van der Waals surface area contributed by atoms with E-state index in [0.717, 1.165) is 4.47 Å². The Labute approximate surface area is 108 Å². The van der Waals surface area contributed by atoms with Crippen molar-refractivity contribution in [2.45, 2.75) is 6.42 Å². The lowest BCUT2D eigenvalue weighted by Crippen LogP contribution is -2.33. The monoisotopic (exact) mass is 300 g/mol. The Morgan fingerprint density at radius 3 is 2.47 bits per heavy atom. The minimum Gasteiger partial charge on any atom is -0.481 e. The summed E-state index contributed by atoms with van der Waals surface area (Å²) in [6.45, 7) is 0.178. The van der Waals surface area contributed by atoms with Crippen molar-refractivity contribution in [2.75, 3.05) is 18.9 Å². The number of nitrogens with one attached hydrogen (secondary N) is 1. The number of urea groups is 1. The second-order valence-electron chi connectivity index (χ2n) is 3.50. The van der Waals surface area contributed by atoms with Crippen LogP contribution in [0.25, 0.3) is 0 Å². The third kappa shape index (κ3) is 4.86. The van der Waals surface area contributed by atoms with Crippen LogP contribution in [-0.2, 0) is 4.79 Å². The molecule has 2 N–H and O–H groups in total. The molecule has 0 aromatic heterocycles. The van der Waals surface area contributed by atoms with Gasteiger partial charge in [-0.2, -0.15) is 0 Å². The van der Waals surface area contributed by atoms with E-state index in [1.54, 1.807) is 19.2 Å². The molecule has 1 aromatic carbocycles. The van der Waals surface area contributed by atoms with E-state index >= 15 is 0 Å². The molecule has 0 heterocycles. The summed E-state index contributed by atoms with van der Waals surface area (Å²) in [6, 6.07) is 6.81. The average Bonchev–Trinajstić information content (AvgIpc) is 2.28. The predicted molar refractivity (Wildman–Crippen MR) is 68.0 cm³/mol. The van der Waals surface area contributed by atoms with E-state index in [-0.39, 0.29) is 19.0 Å². The third-order valence-corrected chi connectivity index (χ3v) is 2.63. The van der Waals surface area contributed by atoms with Gasteiger partial charge in [0.2, 0.25) is 0 Å². The normalized spacial score (nSPS) is 9.76. The van der Waals surface area contributed by atoms with Crippen LogP contribution in [0.1, 0.15) is 6.42 Å². The van der Waals surface area contributed by atoms with Crippen LogP contribution in [-0.4, -0.2) is 35.6 Å². The number of carbonyl (C=O) groups excluding carboxylic acids is 1. The predicted octanol–water partition coefficient (Wildman–Crippen LogP) is 2.39. The zero-order valence-corrected chi connectivity index (χ0v) is 10.9. The first-order valence-corrected chi connectivity index (χ1v) is 5.78. The summed E-state index contributed by atoms with van der Waals surface area (Å²) >= 11 is 3.29. The maximum Gasteiger partial charge on any atom is 0.321 e. The van der Waals surface area contributed by atoms with E-state index < -0.39 is 5.97 Å². The van der Waals surface area contributed by atoms with Crippen molar-refractivity contribution in [1.82, 2.24) is 4.90 Å². The summed E-state index contributed by atoms with van der Waals surface area (Å²) in [4.78, 5) is 23.3. The number of benzene rings is 1. The van der Waals surface area contributed by atoms with Crippen LogP contribution in [0.4, 0.5) is 10.5 Å². The number of carbonyl (C=O) groups is 2. The molecule has 0 atom stereocenters. The Morgan fingerprint density at radius 2 is 1.94 bits per heavy atom. The van der Waals surface area contributed by atoms with Gasteiger partial charge in [0.15, 0.2) is 0 Å². The number of aliphatic carboxylic acids is 1. The van der Waals surface area contributed by atoms with Crippen molar-refractivity contribution in [2.24, 2.45) is 0 Å². The zero-order valence-electron chi connectivity index (χ0n) is 9.31. The molecule has 17 heavy (non-hydrogen) atoms. The molecular weight excluding hydrogens is 288 g/mol. The Morgan fingerprint density at radius 1 is 1.35 bits per heavy atom. The zero-order chi connectivity index (χ0) is 12.8. The van der Waals surface area contributed by atoms with Crippen LogP contribution in [0.2, 0.25) is 0 Å². The lowest BCUT2D eigenvalue weighted by Gasteiger charge is -2.16. The largest absolute Gasteiger partial charge is 0.481 e. The maximum atomic E-state index is 11.6. The minimum atomic E-state index is -0.923. The van der Waals surface area contributed by atoms with E-state index in [2.05, 4.69) is 21.2 Å². The number of carboxylic acid groups (broad SMARTS) is 1. The Hall–Kier alpha value is -1.56. The fourth-order valence-corrected chi connectivity index (χ4v) is 1.38. The van der Waals surface area contributed by atoms with Gasteiger partial charge in [-0.05, 0) is 24.3 Å². The van der Waals surface area contributed by atoms with Crippen LogP contribution in [0, 0.1) is 0 Å². The molecule has 0 aliphatic heterocycles. The highest BCUT2D eigenvalue weighted by Crippen LogP contribution is 2.14. The average molecular weight is 301 g/mol. The van der Waals surface area contributed by atoms with Crippen molar-refractivity contribution in [3.8, 4) is 0 Å². The maximum absolute atomic E-state index is 11.6. The second kappa shape index (κ2) is 6.24. The van der Waals surface area contributed by atoms with Gasteiger partial charge in [-0.25, -0.2) is 4.79 Å². The van der Waals surface area contributed by atoms with Gasteiger partial charge in [0.1, 0.15) is 0 Å². The number of carboxylic acids is 1.